The molecule has 106 valence electrons. The third kappa shape index (κ3) is 2.87. The van der Waals surface area contributed by atoms with Crippen LogP contribution in [0.5, 0.6) is 11.5 Å². The highest BCUT2D eigenvalue weighted by Crippen LogP contribution is 2.31. The Labute approximate surface area is 117 Å². The van der Waals surface area contributed by atoms with Crippen molar-refractivity contribution in [2.45, 2.75) is 13.0 Å². The lowest BCUT2D eigenvalue weighted by molar-refractivity contribution is 0.387. The first-order chi connectivity index (χ1) is 9.69. The topological polar surface area (TPSA) is 82.3 Å². The number of rotatable bonds is 5. The van der Waals surface area contributed by atoms with Crippen molar-refractivity contribution in [2.24, 2.45) is 5.84 Å². The van der Waals surface area contributed by atoms with E-state index >= 15 is 0 Å². The number of aryl methyl sites for hydroxylation is 1. The van der Waals surface area contributed by atoms with Gasteiger partial charge in [-0.15, -0.1) is 0 Å². The Kier molecular flexibility index (Phi) is 4.49. The van der Waals surface area contributed by atoms with E-state index in [1.807, 2.05) is 31.2 Å². The van der Waals surface area contributed by atoms with Crippen LogP contribution in [-0.4, -0.2) is 24.2 Å². The maximum absolute atomic E-state index is 5.68. The Bertz CT molecular complexity index is 589. The molecule has 2 rings (SSSR count). The SMILES string of the molecule is COc1ccc(C(NN)c2ccnc(C)n2)c(OC)c1. The minimum Gasteiger partial charge on any atom is -0.497 e. The molecule has 1 unspecified atom stereocenters. The van der Waals surface area contributed by atoms with Crippen LogP contribution in [0.3, 0.4) is 0 Å². The zero-order chi connectivity index (χ0) is 14.5. The highest BCUT2D eigenvalue weighted by atomic mass is 16.5. The number of ether oxygens (including phenoxy) is 2. The van der Waals surface area contributed by atoms with E-state index in [0.29, 0.717) is 11.6 Å². The second kappa shape index (κ2) is 6.31. The van der Waals surface area contributed by atoms with Crippen molar-refractivity contribution >= 4 is 0 Å². The minimum absolute atomic E-state index is 0.280. The van der Waals surface area contributed by atoms with Crippen LogP contribution in [0.2, 0.25) is 0 Å². The van der Waals surface area contributed by atoms with Gasteiger partial charge in [-0.25, -0.2) is 15.4 Å². The van der Waals surface area contributed by atoms with Gasteiger partial charge in [0.25, 0.3) is 0 Å². The minimum atomic E-state index is -0.280. The quantitative estimate of drug-likeness (QED) is 0.632. The highest BCUT2D eigenvalue weighted by molar-refractivity contribution is 5.45. The van der Waals surface area contributed by atoms with Crippen LogP contribution in [0.25, 0.3) is 0 Å². The van der Waals surface area contributed by atoms with E-state index in [-0.39, 0.29) is 6.04 Å². The fourth-order valence-corrected chi connectivity index (χ4v) is 2.03. The number of nitrogens with zero attached hydrogens (tertiary/aromatic N) is 2. The van der Waals surface area contributed by atoms with Gasteiger partial charge in [0, 0.05) is 17.8 Å². The summed E-state index contributed by atoms with van der Waals surface area (Å²) in [6, 6.07) is 7.11. The lowest BCUT2D eigenvalue weighted by Gasteiger charge is -2.19. The molecule has 0 aliphatic heterocycles. The van der Waals surface area contributed by atoms with E-state index in [1.165, 1.54) is 0 Å². The first-order valence-electron chi connectivity index (χ1n) is 6.17. The number of nitrogens with two attached hydrogens (primary N) is 1. The first kappa shape index (κ1) is 14.2. The number of hydrogen-bond donors (Lipinski definition) is 2. The fraction of sp³-hybridized carbons (Fsp3) is 0.286. The van der Waals surface area contributed by atoms with Gasteiger partial charge in [-0.05, 0) is 25.1 Å². The second-order valence-electron chi connectivity index (χ2n) is 4.24. The number of nitrogens with one attached hydrogen (secondary N) is 1. The van der Waals surface area contributed by atoms with Crippen LogP contribution in [0, 0.1) is 6.92 Å². The Morgan fingerprint density at radius 3 is 2.60 bits per heavy atom. The Morgan fingerprint density at radius 1 is 1.20 bits per heavy atom. The van der Waals surface area contributed by atoms with Crippen molar-refractivity contribution in [2.75, 3.05) is 14.2 Å². The van der Waals surface area contributed by atoms with Crippen LogP contribution in [0.4, 0.5) is 0 Å². The summed E-state index contributed by atoms with van der Waals surface area (Å²) >= 11 is 0. The molecule has 0 saturated carbocycles. The van der Waals surface area contributed by atoms with Gasteiger partial charge in [0.05, 0.1) is 26.0 Å². The maximum Gasteiger partial charge on any atom is 0.127 e. The van der Waals surface area contributed by atoms with Gasteiger partial charge in [-0.1, -0.05) is 0 Å². The molecule has 1 aromatic carbocycles. The Balaban J connectivity index is 2.46. The summed E-state index contributed by atoms with van der Waals surface area (Å²) in [5.74, 6) is 7.78. The molecule has 0 bridgehead atoms. The first-order valence-corrected chi connectivity index (χ1v) is 6.17. The zero-order valence-electron chi connectivity index (χ0n) is 11.8. The lowest BCUT2D eigenvalue weighted by atomic mass is 10.0. The van der Waals surface area contributed by atoms with Crippen molar-refractivity contribution in [3.05, 3.63) is 47.5 Å². The molecule has 3 N–H and O–H groups in total. The molecule has 1 heterocycles. The molecule has 6 nitrogen and oxygen atoms in total. The van der Waals surface area contributed by atoms with Gasteiger partial charge < -0.3 is 9.47 Å². The molecule has 20 heavy (non-hydrogen) atoms. The van der Waals surface area contributed by atoms with Gasteiger partial charge >= 0.3 is 0 Å². The third-order valence-electron chi connectivity index (χ3n) is 3.01. The summed E-state index contributed by atoms with van der Waals surface area (Å²) in [7, 11) is 3.22. The molecule has 0 amide bonds. The van der Waals surface area contributed by atoms with Crippen LogP contribution in [0.1, 0.15) is 23.1 Å². The molecule has 6 heteroatoms. The average Bonchev–Trinajstić information content (AvgIpc) is 2.48. The summed E-state index contributed by atoms with van der Waals surface area (Å²) in [5, 5.41) is 0. The number of benzene rings is 1. The maximum atomic E-state index is 5.68. The largest absolute Gasteiger partial charge is 0.497 e. The van der Waals surface area contributed by atoms with Crippen molar-refractivity contribution in [3.8, 4) is 11.5 Å². The van der Waals surface area contributed by atoms with E-state index in [1.54, 1.807) is 20.4 Å². The van der Waals surface area contributed by atoms with E-state index in [0.717, 1.165) is 17.0 Å². The molecule has 0 radical (unpaired) electrons. The van der Waals surface area contributed by atoms with Crippen LogP contribution < -0.4 is 20.7 Å². The predicted octanol–water partition coefficient (Wildman–Crippen LogP) is 1.35. The van der Waals surface area contributed by atoms with Crippen LogP contribution in [0.15, 0.2) is 30.5 Å². The van der Waals surface area contributed by atoms with Crippen molar-refractivity contribution in [3.63, 3.8) is 0 Å². The van der Waals surface area contributed by atoms with E-state index in [2.05, 4.69) is 15.4 Å². The zero-order valence-corrected chi connectivity index (χ0v) is 11.8. The standard InChI is InChI=1S/C14H18N4O2/c1-9-16-7-6-12(17-9)14(18-15)11-5-4-10(19-2)8-13(11)20-3/h4-8,14,18H,15H2,1-3H3. The molecule has 0 aliphatic carbocycles. The molecule has 0 saturated heterocycles. The predicted molar refractivity (Wildman–Crippen MR) is 75.5 cm³/mol. The molecule has 1 aromatic heterocycles. The van der Waals surface area contributed by atoms with Crippen LogP contribution in [-0.2, 0) is 0 Å². The average molecular weight is 274 g/mol. The number of hydrogen-bond acceptors (Lipinski definition) is 6. The molecular formula is C14H18N4O2. The van der Waals surface area contributed by atoms with E-state index < -0.39 is 0 Å². The lowest BCUT2D eigenvalue weighted by Crippen LogP contribution is -2.30. The molecule has 1 atom stereocenters. The Morgan fingerprint density at radius 2 is 2.00 bits per heavy atom. The van der Waals surface area contributed by atoms with Gasteiger partial charge in [-0.3, -0.25) is 5.84 Å². The van der Waals surface area contributed by atoms with Crippen molar-refractivity contribution in [1.29, 1.82) is 0 Å². The smallest absolute Gasteiger partial charge is 0.127 e. The van der Waals surface area contributed by atoms with E-state index in [9.17, 15) is 0 Å². The molecule has 0 spiro atoms. The van der Waals surface area contributed by atoms with Crippen molar-refractivity contribution in [1.82, 2.24) is 15.4 Å². The van der Waals surface area contributed by atoms with Gasteiger partial charge in [0.15, 0.2) is 0 Å². The van der Waals surface area contributed by atoms with Gasteiger partial charge in [-0.2, -0.15) is 0 Å². The van der Waals surface area contributed by atoms with Crippen molar-refractivity contribution < 1.29 is 9.47 Å². The molecule has 2 aromatic rings. The summed E-state index contributed by atoms with van der Waals surface area (Å²) in [4.78, 5) is 8.49. The monoisotopic (exact) mass is 274 g/mol. The summed E-state index contributed by atoms with van der Waals surface area (Å²) in [6.07, 6.45) is 1.71. The van der Waals surface area contributed by atoms with Crippen LogP contribution >= 0.6 is 0 Å². The number of hydrazine groups is 1. The van der Waals surface area contributed by atoms with E-state index in [4.69, 9.17) is 15.3 Å². The second-order valence-corrected chi connectivity index (χ2v) is 4.24. The third-order valence-corrected chi connectivity index (χ3v) is 3.01. The molecule has 0 fully saturated rings. The number of aromatic nitrogens is 2. The summed E-state index contributed by atoms with van der Waals surface area (Å²) in [5.41, 5.74) is 4.43. The summed E-state index contributed by atoms with van der Waals surface area (Å²) < 4.78 is 10.6. The van der Waals surface area contributed by atoms with Gasteiger partial charge in [0.1, 0.15) is 17.3 Å². The number of methoxy groups -OCH3 is 2. The Hall–Kier alpha value is -2.18. The fourth-order valence-electron chi connectivity index (χ4n) is 2.03. The summed E-state index contributed by atoms with van der Waals surface area (Å²) in [6.45, 7) is 1.84. The van der Waals surface area contributed by atoms with Gasteiger partial charge in [0.2, 0.25) is 0 Å². The molecular weight excluding hydrogens is 256 g/mol. The molecule has 0 aliphatic rings. The highest BCUT2D eigenvalue weighted by Gasteiger charge is 2.19. The normalized spacial score (nSPS) is 12.0.